The zero-order valence-electron chi connectivity index (χ0n) is 13.8. The van der Waals surface area contributed by atoms with Gasteiger partial charge in [-0.25, -0.2) is 0 Å². The van der Waals surface area contributed by atoms with E-state index in [0.29, 0.717) is 12.1 Å². The molecule has 4 heteroatoms. The predicted molar refractivity (Wildman–Crippen MR) is 84.1 cm³/mol. The van der Waals surface area contributed by atoms with Crippen molar-refractivity contribution in [2.24, 2.45) is 0 Å². The quantitative estimate of drug-likeness (QED) is 0.539. The van der Waals surface area contributed by atoms with Crippen molar-refractivity contribution in [2.45, 2.75) is 70.5 Å². The van der Waals surface area contributed by atoms with Crippen LogP contribution in [0.2, 0.25) is 0 Å². The molecule has 1 fully saturated rings. The Morgan fingerprint density at radius 2 is 2.10 bits per heavy atom. The highest BCUT2D eigenvalue weighted by atomic mass is 16.5. The molecule has 2 unspecified atom stereocenters. The fraction of sp³-hybridized carbons (Fsp3) is 1.00. The van der Waals surface area contributed by atoms with Gasteiger partial charge in [-0.3, -0.25) is 4.90 Å². The number of nitrogens with zero attached hydrogens (tertiary/aromatic N) is 1. The molecule has 0 spiro atoms. The zero-order valence-corrected chi connectivity index (χ0v) is 13.8. The van der Waals surface area contributed by atoms with Gasteiger partial charge >= 0.3 is 0 Å². The Hall–Kier alpha value is -0.160. The van der Waals surface area contributed by atoms with Crippen molar-refractivity contribution in [3.05, 3.63) is 0 Å². The highest BCUT2D eigenvalue weighted by Crippen LogP contribution is 2.25. The molecule has 0 saturated heterocycles. The summed E-state index contributed by atoms with van der Waals surface area (Å²) in [5.41, 5.74) is -0.0869. The maximum absolute atomic E-state index is 9.59. The smallest absolute Gasteiger partial charge is 0.0615 e. The number of unbranched alkanes of at least 4 members (excludes halogenated alkanes) is 1. The summed E-state index contributed by atoms with van der Waals surface area (Å²) in [4.78, 5) is 2.47. The van der Waals surface area contributed by atoms with E-state index in [1.165, 1.54) is 19.3 Å². The summed E-state index contributed by atoms with van der Waals surface area (Å²) < 4.78 is 5.23. The number of ether oxygens (including phenoxy) is 1. The maximum Gasteiger partial charge on any atom is 0.0615 e. The van der Waals surface area contributed by atoms with E-state index in [9.17, 15) is 5.11 Å². The molecule has 0 aromatic heterocycles. The van der Waals surface area contributed by atoms with Crippen LogP contribution in [0, 0.1) is 0 Å². The molecule has 20 heavy (non-hydrogen) atoms. The minimum absolute atomic E-state index is 0.0869. The Morgan fingerprint density at radius 3 is 2.60 bits per heavy atom. The van der Waals surface area contributed by atoms with Gasteiger partial charge in [0.25, 0.3) is 0 Å². The van der Waals surface area contributed by atoms with Gasteiger partial charge in [-0.15, -0.1) is 0 Å². The van der Waals surface area contributed by atoms with E-state index in [4.69, 9.17) is 4.74 Å². The zero-order chi connectivity index (χ0) is 15.0. The largest absolute Gasteiger partial charge is 0.394 e. The van der Waals surface area contributed by atoms with Gasteiger partial charge in [-0.1, -0.05) is 13.3 Å². The van der Waals surface area contributed by atoms with Gasteiger partial charge in [0.15, 0.2) is 0 Å². The molecule has 0 aromatic carbocycles. The molecule has 1 rings (SSSR count). The van der Waals surface area contributed by atoms with Crippen LogP contribution in [-0.2, 0) is 4.74 Å². The Balaban J connectivity index is 2.20. The molecule has 0 heterocycles. The minimum Gasteiger partial charge on any atom is -0.394 e. The lowest BCUT2D eigenvalue weighted by molar-refractivity contribution is 0.0997. The number of methoxy groups -OCH3 is 1. The molecule has 0 amide bonds. The number of nitrogens with one attached hydrogen (secondary N) is 1. The normalized spacial score (nSPS) is 20.1. The summed E-state index contributed by atoms with van der Waals surface area (Å²) in [6, 6.07) is 1.14. The molecule has 1 saturated carbocycles. The van der Waals surface area contributed by atoms with Crippen LogP contribution in [-0.4, -0.2) is 61.0 Å². The molecular formula is C16H34N2O2. The Morgan fingerprint density at radius 1 is 1.40 bits per heavy atom. The predicted octanol–water partition coefficient (Wildman–Crippen LogP) is 2.02. The number of hydrogen-bond donors (Lipinski definition) is 2. The van der Waals surface area contributed by atoms with Crippen molar-refractivity contribution in [1.82, 2.24) is 10.2 Å². The second-order valence-electron chi connectivity index (χ2n) is 6.53. The van der Waals surface area contributed by atoms with Crippen LogP contribution in [0.3, 0.4) is 0 Å². The standard InChI is InChI=1S/C16H34N2O2/c1-5-18(14(2)12-20-4)11-7-6-10-16(3,13-19)17-15-8-9-15/h14-15,17,19H,5-13H2,1-4H3. The van der Waals surface area contributed by atoms with Crippen LogP contribution < -0.4 is 5.32 Å². The highest BCUT2D eigenvalue weighted by molar-refractivity contribution is 4.92. The minimum atomic E-state index is -0.0869. The Kier molecular flexibility index (Phi) is 8.03. The molecule has 4 nitrogen and oxygen atoms in total. The van der Waals surface area contributed by atoms with E-state index in [-0.39, 0.29) is 12.1 Å². The highest BCUT2D eigenvalue weighted by Gasteiger charge is 2.31. The molecule has 0 aliphatic heterocycles. The van der Waals surface area contributed by atoms with Gasteiger partial charge in [-0.2, -0.15) is 0 Å². The van der Waals surface area contributed by atoms with Gasteiger partial charge in [-0.05, 0) is 52.6 Å². The molecule has 1 aliphatic carbocycles. The monoisotopic (exact) mass is 286 g/mol. The van der Waals surface area contributed by atoms with E-state index in [1.54, 1.807) is 7.11 Å². The van der Waals surface area contributed by atoms with Crippen molar-refractivity contribution in [1.29, 1.82) is 0 Å². The summed E-state index contributed by atoms with van der Waals surface area (Å²) in [5, 5.41) is 13.2. The molecule has 1 aliphatic rings. The van der Waals surface area contributed by atoms with Crippen LogP contribution in [0.1, 0.15) is 52.9 Å². The molecule has 0 radical (unpaired) electrons. The fourth-order valence-corrected chi connectivity index (χ4v) is 2.78. The average Bonchev–Trinajstić information content (AvgIpc) is 3.23. The molecular weight excluding hydrogens is 252 g/mol. The van der Waals surface area contributed by atoms with Gasteiger partial charge in [0.1, 0.15) is 0 Å². The van der Waals surface area contributed by atoms with Gasteiger partial charge < -0.3 is 15.2 Å². The first-order chi connectivity index (χ1) is 9.54. The molecule has 2 atom stereocenters. The summed E-state index contributed by atoms with van der Waals surface area (Å²) in [7, 11) is 1.76. The Labute approximate surface area is 124 Å². The third kappa shape index (κ3) is 6.53. The van der Waals surface area contributed by atoms with E-state index >= 15 is 0 Å². The van der Waals surface area contributed by atoms with Crippen LogP contribution in [0.5, 0.6) is 0 Å². The lowest BCUT2D eigenvalue weighted by Gasteiger charge is -2.30. The number of aliphatic hydroxyl groups is 1. The summed E-state index contributed by atoms with van der Waals surface area (Å²) in [5.74, 6) is 0. The molecule has 120 valence electrons. The molecule has 0 aromatic rings. The van der Waals surface area contributed by atoms with Gasteiger partial charge in [0, 0.05) is 24.7 Å². The van der Waals surface area contributed by atoms with Crippen LogP contribution in [0.4, 0.5) is 0 Å². The van der Waals surface area contributed by atoms with Crippen LogP contribution in [0.15, 0.2) is 0 Å². The van der Waals surface area contributed by atoms with E-state index in [0.717, 1.165) is 32.5 Å². The second-order valence-corrected chi connectivity index (χ2v) is 6.53. The maximum atomic E-state index is 9.59. The van der Waals surface area contributed by atoms with Gasteiger partial charge in [0.2, 0.25) is 0 Å². The van der Waals surface area contributed by atoms with Gasteiger partial charge in [0.05, 0.1) is 13.2 Å². The van der Waals surface area contributed by atoms with Crippen LogP contribution in [0.25, 0.3) is 0 Å². The first-order valence-electron chi connectivity index (χ1n) is 8.16. The summed E-state index contributed by atoms with van der Waals surface area (Å²) in [6.45, 7) is 9.80. The first kappa shape index (κ1) is 17.9. The van der Waals surface area contributed by atoms with Crippen molar-refractivity contribution < 1.29 is 9.84 Å². The second kappa shape index (κ2) is 8.98. The first-order valence-corrected chi connectivity index (χ1v) is 8.16. The van der Waals surface area contributed by atoms with E-state index in [1.807, 2.05) is 0 Å². The number of hydrogen-bond acceptors (Lipinski definition) is 4. The number of likely N-dealkylation sites (N-methyl/N-ethyl adjacent to an activating group) is 1. The SMILES string of the molecule is CCN(CCCCC(C)(CO)NC1CC1)C(C)COC. The fourth-order valence-electron chi connectivity index (χ4n) is 2.78. The topological polar surface area (TPSA) is 44.7 Å². The van der Waals surface area contributed by atoms with Crippen molar-refractivity contribution in [2.75, 3.05) is 33.4 Å². The number of aliphatic hydroxyl groups excluding tert-OH is 1. The van der Waals surface area contributed by atoms with E-state index < -0.39 is 0 Å². The van der Waals surface area contributed by atoms with Crippen molar-refractivity contribution in [3.63, 3.8) is 0 Å². The number of rotatable bonds is 12. The molecule has 2 N–H and O–H groups in total. The lowest BCUT2D eigenvalue weighted by atomic mass is 9.95. The lowest BCUT2D eigenvalue weighted by Crippen LogP contribution is -2.47. The summed E-state index contributed by atoms with van der Waals surface area (Å²) >= 11 is 0. The summed E-state index contributed by atoms with van der Waals surface area (Å²) in [6.07, 6.45) is 5.94. The third-order valence-corrected chi connectivity index (χ3v) is 4.34. The van der Waals surface area contributed by atoms with E-state index in [2.05, 4.69) is 31.0 Å². The van der Waals surface area contributed by atoms with Crippen molar-refractivity contribution >= 4 is 0 Å². The van der Waals surface area contributed by atoms with Crippen molar-refractivity contribution in [3.8, 4) is 0 Å². The average molecular weight is 286 g/mol. The Bertz CT molecular complexity index is 259. The van der Waals surface area contributed by atoms with Crippen LogP contribution >= 0.6 is 0 Å². The molecule has 0 bridgehead atoms. The third-order valence-electron chi connectivity index (χ3n) is 4.34.